The summed E-state index contributed by atoms with van der Waals surface area (Å²) in [5.41, 5.74) is 9.48. The first-order chi connectivity index (χ1) is 5.56. The first-order valence-corrected chi connectivity index (χ1v) is 4.04. The highest BCUT2D eigenvalue weighted by atomic mass is 16.4. The molecule has 0 spiro atoms. The number of hydrogen-bond donors (Lipinski definition) is 4. The van der Waals surface area contributed by atoms with Crippen molar-refractivity contribution in [1.82, 2.24) is 5.32 Å². The first kappa shape index (κ1) is 11.4. The van der Waals surface area contributed by atoms with Crippen LogP contribution in [0, 0.1) is 0 Å². The van der Waals surface area contributed by atoms with Gasteiger partial charge in [-0.1, -0.05) is 13.3 Å². The van der Waals surface area contributed by atoms with Gasteiger partial charge in [-0.15, -0.1) is 0 Å². The Morgan fingerprint density at radius 2 is 2.25 bits per heavy atom. The second-order valence-corrected chi connectivity index (χ2v) is 2.74. The van der Waals surface area contributed by atoms with E-state index in [2.05, 4.69) is 5.32 Å². The van der Waals surface area contributed by atoms with Crippen LogP contribution in [0.25, 0.3) is 0 Å². The van der Waals surface area contributed by atoms with Crippen molar-refractivity contribution in [3.05, 3.63) is 0 Å². The van der Waals surface area contributed by atoms with Crippen molar-refractivity contribution in [2.45, 2.75) is 25.4 Å². The number of nitrogens with one attached hydrogen (secondary N) is 1. The van der Waals surface area contributed by atoms with E-state index in [1.165, 1.54) is 0 Å². The number of nitrogens with two attached hydrogens (primary N) is 2. The van der Waals surface area contributed by atoms with E-state index in [1.807, 2.05) is 6.92 Å². The van der Waals surface area contributed by atoms with Gasteiger partial charge in [-0.05, 0) is 6.42 Å². The van der Waals surface area contributed by atoms with Gasteiger partial charge < -0.3 is 16.6 Å². The monoisotopic (exact) mass is 175 g/mol. The zero-order chi connectivity index (χ0) is 9.61. The maximum absolute atomic E-state index is 10.7. The normalized spacial score (nSPS) is 15.6. The second-order valence-electron chi connectivity index (χ2n) is 2.74. The van der Waals surface area contributed by atoms with Crippen LogP contribution in [0.4, 0.5) is 0 Å². The summed E-state index contributed by atoms with van der Waals surface area (Å²) in [6, 6.07) is 0. The summed E-state index contributed by atoms with van der Waals surface area (Å²) in [6.45, 7) is 2.69. The molecule has 0 aromatic heterocycles. The lowest BCUT2D eigenvalue weighted by Gasteiger charge is -2.25. The Morgan fingerprint density at radius 1 is 1.67 bits per heavy atom. The Morgan fingerprint density at radius 3 is 2.58 bits per heavy atom. The van der Waals surface area contributed by atoms with Crippen LogP contribution >= 0.6 is 0 Å². The van der Waals surface area contributed by atoms with Crippen molar-refractivity contribution in [3.63, 3.8) is 0 Å². The van der Waals surface area contributed by atoms with Crippen molar-refractivity contribution in [3.8, 4) is 0 Å². The summed E-state index contributed by atoms with van der Waals surface area (Å²) in [4.78, 5) is 10.7. The summed E-state index contributed by atoms with van der Waals surface area (Å²) in [5.74, 6) is -1.03. The van der Waals surface area contributed by atoms with Gasteiger partial charge in [0, 0.05) is 13.1 Å². The predicted octanol–water partition coefficient (Wildman–Crippen LogP) is -0.926. The van der Waals surface area contributed by atoms with E-state index in [0.717, 1.165) is 6.42 Å². The Labute approximate surface area is 72.1 Å². The van der Waals surface area contributed by atoms with Crippen molar-refractivity contribution in [2.24, 2.45) is 11.5 Å². The molecule has 0 fully saturated rings. The van der Waals surface area contributed by atoms with Gasteiger partial charge in [0.15, 0.2) is 5.66 Å². The van der Waals surface area contributed by atoms with Gasteiger partial charge in [0.2, 0.25) is 0 Å². The van der Waals surface area contributed by atoms with Gasteiger partial charge in [0.05, 0.1) is 0 Å². The molecule has 0 saturated carbocycles. The average Bonchev–Trinajstić information content (AvgIpc) is 2.01. The fourth-order valence-electron chi connectivity index (χ4n) is 0.960. The molecule has 0 rings (SSSR count). The van der Waals surface area contributed by atoms with Crippen molar-refractivity contribution < 1.29 is 9.90 Å². The predicted molar refractivity (Wildman–Crippen MR) is 46.5 cm³/mol. The number of carboxylic acids is 1. The molecule has 12 heavy (non-hydrogen) atoms. The summed E-state index contributed by atoms with van der Waals surface area (Å²) < 4.78 is 0. The zero-order valence-electron chi connectivity index (χ0n) is 7.34. The number of hydrogen-bond acceptors (Lipinski definition) is 4. The summed E-state index contributed by atoms with van der Waals surface area (Å²) >= 11 is 0. The van der Waals surface area contributed by atoms with Crippen LogP contribution in [-0.2, 0) is 4.79 Å². The largest absolute Gasteiger partial charge is 0.479 e. The van der Waals surface area contributed by atoms with Crippen LogP contribution in [0.1, 0.15) is 19.8 Å². The van der Waals surface area contributed by atoms with E-state index in [4.69, 9.17) is 16.6 Å². The highest BCUT2D eigenvalue weighted by Gasteiger charge is 2.31. The summed E-state index contributed by atoms with van der Waals surface area (Å²) in [5, 5.41) is 11.5. The molecule has 0 heterocycles. The SMILES string of the molecule is CCC[C@](N)(NCCN)C(=O)O. The van der Waals surface area contributed by atoms with Gasteiger partial charge in [-0.2, -0.15) is 0 Å². The average molecular weight is 175 g/mol. The lowest BCUT2D eigenvalue weighted by molar-refractivity contribution is -0.145. The molecule has 0 aliphatic heterocycles. The third-order valence-electron chi connectivity index (χ3n) is 1.61. The van der Waals surface area contributed by atoms with E-state index < -0.39 is 11.6 Å². The molecule has 0 aliphatic carbocycles. The minimum absolute atomic E-state index is 0.385. The molecule has 1 atom stereocenters. The fourth-order valence-corrected chi connectivity index (χ4v) is 0.960. The third-order valence-corrected chi connectivity index (χ3v) is 1.61. The Hall–Kier alpha value is -0.650. The van der Waals surface area contributed by atoms with E-state index in [1.54, 1.807) is 0 Å². The molecule has 0 aliphatic rings. The van der Waals surface area contributed by atoms with Crippen LogP contribution in [0.2, 0.25) is 0 Å². The second kappa shape index (κ2) is 5.08. The third kappa shape index (κ3) is 3.17. The van der Waals surface area contributed by atoms with Gasteiger partial charge in [-0.25, -0.2) is 4.79 Å². The smallest absolute Gasteiger partial charge is 0.338 e. The Kier molecular flexibility index (Phi) is 4.80. The molecule has 0 aromatic carbocycles. The number of aliphatic carboxylic acids is 1. The highest BCUT2D eigenvalue weighted by Crippen LogP contribution is 2.05. The van der Waals surface area contributed by atoms with Crippen molar-refractivity contribution in [2.75, 3.05) is 13.1 Å². The molecule has 6 N–H and O–H groups in total. The van der Waals surface area contributed by atoms with Gasteiger partial charge in [-0.3, -0.25) is 5.32 Å². The lowest BCUT2D eigenvalue weighted by atomic mass is 10.1. The fraction of sp³-hybridized carbons (Fsp3) is 0.857. The van der Waals surface area contributed by atoms with Crippen LogP contribution in [-0.4, -0.2) is 29.8 Å². The van der Waals surface area contributed by atoms with Crippen LogP contribution in [0.5, 0.6) is 0 Å². The van der Waals surface area contributed by atoms with Crippen LogP contribution < -0.4 is 16.8 Å². The molecular formula is C7H17N3O2. The molecule has 0 unspecified atom stereocenters. The molecule has 5 nitrogen and oxygen atoms in total. The first-order valence-electron chi connectivity index (χ1n) is 4.04. The molecular weight excluding hydrogens is 158 g/mol. The quantitative estimate of drug-likeness (QED) is 0.391. The Balaban J connectivity index is 4.08. The molecule has 5 heteroatoms. The number of carbonyl (C=O) groups is 1. The summed E-state index contributed by atoms with van der Waals surface area (Å²) in [6.07, 6.45) is 1.13. The van der Waals surface area contributed by atoms with Crippen molar-refractivity contribution >= 4 is 5.97 Å². The maximum Gasteiger partial charge on any atom is 0.338 e. The van der Waals surface area contributed by atoms with E-state index in [9.17, 15) is 4.79 Å². The molecule has 0 radical (unpaired) electrons. The van der Waals surface area contributed by atoms with Crippen molar-refractivity contribution in [1.29, 1.82) is 0 Å². The zero-order valence-corrected chi connectivity index (χ0v) is 7.34. The standard InChI is InChI=1S/C7H17N3O2/c1-2-3-7(9,6(11)12)10-5-4-8/h10H,2-5,8-9H2,1H3,(H,11,12)/t7-/m0/s1. The molecule has 0 bridgehead atoms. The molecule has 72 valence electrons. The minimum atomic E-state index is -1.31. The van der Waals surface area contributed by atoms with Crippen LogP contribution in [0.3, 0.4) is 0 Å². The van der Waals surface area contributed by atoms with Gasteiger partial charge >= 0.3 is 5.97 Å². The molecule has 0 aromatic rings. The van der Waals surface area contributed by atoms with E-state index in [-0.39, 0.29) is 0 Å². The topological polar surface area (TPSA) is 101 Å². The number of carboxylic acid groups (broad SMARTS) is 1. The minimum Gasteiger partial charge on any atom is -0.479 e. The van der Waals surface area contributed by atoms with Gasteiger partial charge in [0.25, 0.3) is 0 Å². The lowest BCUT2D eigenvalue weighted by Crippen LogP contribution is -2.60. The highest BCUT2D eigenvalue weighted by molar-refractivity contribution is 5.77. The van der Waals surface area contributed by atoms with E-state index in [0.29, 0.717) is 19.5 Å². The molecule has 0 amide bonds. The maximum atomic E-state index is 10.7. The van der Waals surface area contributed by atoms with Crippen LogP contribution in [0.15, 0.2) is 0 Å². The van der Waals surface area contributed by atoms with Gasteiger partial charge in [0.1, 0.15) is 0 Å². The summed E-state index contributed by atoms with van der Waals surface area (Å²) in [7, 11) is 0. The van der Waals surface area contributed by atoms with E-state index >= 15 is 0 Å². The number of rotatable bonds is 6. The Bertz CT molecular complexity index is 152. The molecule has 0 saturated heterocycles.